The van der Waals surface area contributed by atoms with Crippen molar-refractivity contribution in [3.8, 4) is 0 Å². The Kier molecular flexibility index (Phi) is 3.30. The lowest BCUT2D eigenvalue weighted by molar-refractivity contribution is 0.0699. The molecule has 2 rings (SSSR count). The molecule has 94 valence electrons. The van der Waals surface area contributed by atoms with Gasteiger partial charge in [-0.25, -0.2) is 4.79 Å². The quantitative estimate of drug-likeness (QED) is 0.869. The van der Waals surface area contributed by atoms with Crippen molar-refractivity contribution in [1.29, 1.82) is 0 Å². The van der Waals surface area contributed by atoms with Gasteiger partial charge in [-0.05, 0) is 38.6 Å². The molecule has 4 heteroatoms. The van der Waals surface area contributed by atoms with Crippen LogP contribution in [0, 0.1) is 13.8 Å². The normalized spacial score (nSPS) is 10.8. The summed E-state index contributed by atoms with van der Waals surface area (Å²) in [6.07, 6.45) is 0. The lowest BCUT2D eigenvalue weighted by Gasteiger charge is -2.09. The fraction of sp³-hybridized carbons (Fsp3) is 0.286. The second-order valence-corrected chi connectivity index (χ2v) is 4.47. The average molecular weight is 244 g/mol. The number of carboxylic acids is 1. The predicted molar refractivity (Wildman–Crippen MR) is 70.9 cm³/mol. The molecule has 0 radical (unpaired) electrons. The SMILES string of the molecule is CNCc1cc(C(=O)O)c2cc(C)cc(C)c2n1. The molecule has 2 aromatic rings. The summed E-state index contributed by atoms with van der Waals surface area (Å²) in [4.78, 5) is 15.9. The average Bonchev–Trinajstić information content (AvgIpc) is 2.29. The minimum atomic E-state index is -0.912. The fourth-order valence-corrected chi connectivity index (χ4v) is 2.18. The molecular weight excluding hydrogens is 228 g/mol. The predicted octanol–water partition coefficient (Wildman–Crippen LogP) is 2.27. The Bertz CT molecular complexity index is 621. The van der Waals surface area contributed by atoms with Crippen molar-refractivity contribution < 1.29 is 9.90 Å². The summed E-state index contributed by atoms with van der Waals surface area (Å²) in [5, 5.41) is 13.0. The van der Waals surface area contributed by atoms with E-state index in [2.05, 4.69) is 10.3 Å². The van der Waals surface area contributed by atoms with E-state index in [9.17, 15) is 9.90 Å². The lowest BCUT2D eigenvalue weighted by Crippen LogP contribution is -2.10. The van der Waals surface area contributed by atoms with Crippen LogP contribution in [0.2, 0.25) is 0 Å². The van der Waals surface area contributed by atoms with Gasteiger partial charge in [0.15, 0.2) is 0 Å². The number of hydrogen-bond donors (Lipinski definition) is 2. The van der Waals surface area contributed by atoms with Gasteiger partial charge in [0, 0.05) is 11.9 Å². The second kappa shape index (κ2) is 4.74. The molecule has 0 spiro atoms. The van der Waals surface area contributed by atoms with Crippen molar-refractivity contribution in [1.82, 2.24) is 10.3 Å². The number of carboxylic acid groups (broad SMARTS) is 1. The zero-order valence-electron chi connectivity index (χ0n) is 10.7. The standard InChI is InChI=1S/C14H16N2O2/c1-8-4-9(2)13-11(5-8)12(14(17)18)6-10(16-13)7-15-3/h4-6,15H,7H2,1-3H3,(H,17,18). The molecule has 0 aliphatic rings. The van der Waals surface area contributed by atoms with E-state index in [1.54, 1.807) is 6.07 Å². The van der Waals surface area contributed by atoms with Gasteiger partial charge in [0.05, 0.1) is 16.8 Å². The van der Waals surface area contributed by atoms with Gasteiger partial charge in [-0.3, -0.25) is 4.98 Å². The zero-order chi connectivity index (χ0) is 13.3. The maximum atomic E-state index is 11.3. The lowest BCUT2D eigenvalue weighted by atomic mass is 10.0. The van der Waals surface area contributed by atoms with E-state index in [-0.39, 0.29) is 0 Å². The summed E-state index contributed by atoms with van der Waals surface area (Å²) < 4.78 is 0. The van der Waals surface area contributed by atoms with Crippen LogP contribution >= 0.6 is 0 Å². The molecule has 2 N–H and O–H groups in total. The Morgan fingerprint density at radius 2 is 2.06 bits per heavy atom. The highest BCUT2D eigenvalue weighted by Crippen LogP contribution is 2.23. The van der Waals surface area contributed by atoms with Crippen LogP contribution in [0.1, 0.15) is 27.2 Å². The number of carbonyl (C=O) groups is 1. The fourth-order valence-electron chi connectivity index (χ4n) is 2.18. The van der Waals surface area contributed by atoms with E-state index in [1.807, 2.05) is 33.0 Å². The van der Waals surface area contributed by atoms with Crippen LogP contribution in [-0.2, 0) is 6.54 Å². The van der Waals surface area contributed by atoms with E-state index < -0.39 is 5.97 Å². The van der Waals surface area contributed by atoms with Crippen molar-refractivity contribution in [2.45, 2.75) is 20.4 Å². The van der Waals surface area contributed by atoms with Crippen LogP contribution in [0.15, 0.2) is 18.2 Å². The van der Waals surface area contributed by atoms with E-state index >= 15 is 0 Å². The molecule has 4 nitrogen and oxygen atoms in total. The van der Waals surface area contributed by atoms with Gasteiger partial charge in [0.25, 0.3) is 0 Å². The third-order valence-corrected chi connectivity index (χ3v) is 2.89. The van der Waals surface area contributed by atoms with Crippen molar-refractivity contribution in [2.75, 3.05) is 7.05 Å². The Hall–Kier alpha value is -1.94. The first-order chi connectivity index (χ1) is 8.52. The molecule has 0 bridgehead atoms. The number of benzene rings is 1. The maximum absolute atomic E-state index is 11.3. The second-order valence-electron chi connectivity index (χ2n) is 4.47. The molecule has 0 saturated heterocycles. The van der Waals surface area contributed by atoms with Crippen LogP contribution in [0.3, 0.4) is 0 Å². The Labute approximate surface area is 106 Å². The summed E-state index contributed by atoms with van der Waals surface area (Å²) >= 11 is 0. The number of rotatable bonds is 3. The highest BCUT2D eigenvalue weighted by molar-refractivity contribution is 6.03. The van der Waals surface area contributed by atoms with E-state index in [4.69, 9.17) is 0 Å². The molecule has 0 aliphatic carbocycles. The number of nitrogens with one attached hydrogen (secondary N) is 1. The maximum Gasteiger partial charge on any atom is 0.336 e. The molecule has 1 aromatic heterocycles. The van der Waals surface area contributed by atoms with Crippen LogP contribution in [-0.4, -0.2) is 23.1 Å². The topological polar surface area (TPSA) is 62.2 Å². The van der Waals surface area contributed by atoms with Gasteiger partial charge >= 0.3 is 5.97 Å². The van der Waals surface area contributed by atoms with Gasteiger partial charge in [-0.15, -0.1) is 0 Å². The molecular formula is C14H16N2O2. The number of nitrogens with zero attached hydrogens (tertiary/aromatic N) is 1. The van der Waals surface area contributed by atoms with Crippen molar-refractivity contribution >= 4 is 16.9 Å². The molecule has 0 atom stereocenters. The van der Waals surface area contributed by atoms with E-state index in [1.165, 1.54) is 0 Å². The van der Waals surface area contributed by atoms with Crippen molar-refractivity contribution in [2.24, 2.45) is 0 Å². The number of pyridine rings is 1. The van der Waals surface area contributed by atoms with Crippen LogP contribution in [0.25, 0.3) is 10.9 Å². The van der Waals surface area contributed by atoms with Crippen LogP contribution in [0.4, 0.5) is 0 Å². The molecule has 18 heavy (non-hydrogen) atoms. The summed E-state index contributed by atoms with van der Waals surface area (Å²) in [6, 6.07) is 5.53. The number of aromatic nitrogens is 1. The van der Waals surface area contributed by atoms with Crippen molar-refractivity contribution in [3.63, 3.8) is 0 Å². The van der Waals surface area contributed by atoms with Crippen molar-refractivity contribution in [3.05, 3.63) is 40.6 Å². The highest BCUT2D eigenvalue weighted by Gasteiger charge is 2.13. The molecule has 0 saturated carbocycles. The Morgan fingerprint density at radius 1 is 1.33 bits per heavy atom. The molecule has 0 aliphatic heterocycles. The number of aryl methyl sites for hydroxylation is 2. The molecule has 0 fully saturated rings. The zero-order valence-corrected chi connectivity index (χ0v) is 10.7. The Morgan fingerprint density at radius 3 is 2.67 bits per heavy atom. The molecule has 0 amide bonds. The smallest absolute Gasteiger partial charge is 0.336 e. The van der Waals surface area contributed by atoms with E-state index in [0.717, 1.165) is 22.3 Å². The van der Waals surface area contributed by atoms with Crippen LogP contribution < -0.4 is 5.32 Å². The summed E-state index contributed by atoms with van der Waals surface area (Å²) in [5.41, 5.74) is 3.88. The van der Waals surface area contributed by atoms with E-state index in [0.29, 0.717) is 17.5 Å². The van der Waals surface area contributed by atoms with Crippen LogP contribution in [0.5, 0.6) is 0 Å². The number of fused-ring (bicyclic) bond motifs is 1. The monoisotopic (exact) mass is 244 g/mol. The minimum absolute atomic E-state index is 0.317. The Balaban J connectivity index is 2.81. The first-order valence-corrected chi connectivity index (χ1v) is 5.81. The van der Waals surface area contributed by atoms with Gasteiger partial charge in [-0.1, -0.05) is 11.6 Å². The third-order valence-electron chi connectivity index (χ3n) is 2.89. The third kappa shape index (κ3) is 2.19. The van der Waals surface area contributed by atoms with Gasteiger partial charge < -0.3 is 10.4 Å². The largest absolute Gasteiger partial charge is 0.478 e. The van der Waals surface area contributed by atoms with Gasteiger partial charge in [-0.2, -0.15) is 0 Å². The first kappa shape index (κ1) is 12.5. The van der Waals surface area contributed by atoms with Gasteiger partial charge in [0.1, 0.15) is 0 Å². The highest BCUT2D eigenvalue weighted by atomic mass is 16.4. The summed E-state index contributed by atoms with van der Waals surface area (Å²) in [5.74, 6) is -0.912. The molecule has 0 unspecified atom stereocenters. The molecule has 1 aromatic carbocycles. The number of aromatic carboxylic acids is 1. The number of hydrogen-bond acceptors (Lipinski definition) is 3. The van der Waals surface area contributed by atoms with Gasteiger partial charge in [0.2, 0.25) is 0 Å². The first-order valence-electron chi connectivity index (χ1n) is 5.81. The summed E-state index contributed by atoms with van der Waals surface area (Å²) in [7, 11) is 1.81. The molecule has 1 heterocycles. The minimum Gasteiger partial charge on any atom is -0.478 e. The summed E-state index contributed by atoms with van der Waals surface area (Å²) in [6.45, 7) is 4.47.